The maximum Gasteiger partial charge on any atom is 0.123 e. The predicted molar refractivity (Wildman–Crippen MR) is 96.0 cm³/mol. The molecule has 2 rings (SSSR count). The van der Waals surface area contributed by atoms with Crippen LogP contribution in [0.25, 0.3) is 0 Å². The van der Waals surface area contributed by atoms with E-state index >= 15 is 0 Å². The Labute approximate surface area is 140 Å². The quantitative estimate of drug-likeness (QED) is 0.822. The molecule has 1 fully saturated rings. The maximum atomic E-state index is 13.2. The van der Waals surface area contributed by atoms with Gasteiger partial charge in [-0.3, -0.25) is 4.90 Å². The molecule has 0 amide bonds. The summed E-state index contributed by atoms with van der Waals surface area (Å²) in [5, 5.41) is 0. The summed E-state index contributed by atoms with van der Waals surface area (Å²) >= 11 is 0. The minimum absolute atomic E-state index is 0.00385. The third-order valence-corrected chi connectivity index (χ3v) is 4.91. The molecule has 0 radical (unpaired) electrons. The van der Waals surface area contributed by atoms with Crippen LogP contribution < -0.4 is 5.73 Å². The molecule has 0 aliphatic carbocycles. The molecule has 0 bridgehead atoms. The van der Waals surface area contributed by atoms with E-state index in [4.69, 9.17) is 5.73 Å². The van der Waals surface area contributed by atoms with Gasteiger partial charge in [0.2, 0.25) is 0 Å². The number of piperidine rings is 1. The Balaban J connectivity index is 2.16. The number of hydrogen-bond acceptors (Lipinski definition) is 2. The fourth-order valence-electron chi connectivity index (χ4n) is 3.47. The Bertz CT molecular complexity index is 521. The first-order chi connectivity index (χ1) is 10.8. The number of halogens is 1. The predicted octanol–water partition coefficient (Wildman–Crippen LogP) is 4.25. The van der Waals surface area contributed by atoms with Crippen molar-refractivity contribution in [3.8, 4) is 0 Å². The zero-order valence-electron chi connectivity index (χ0n) is 15.0. The summed E-state index contributed by atoms with van der Waals surface area (Å²) in [6.07, 6.45) is 5.55. The van der Waals surface area contributed by atoms with Crippen LogP contribution in [0.1, 0.15) is 52.5 Å². The highest BCUT2D eigenvalue weighted by Crippen LogP contribution is 2.31. The standard InChI is InChI=1S/C20H31FN2/c1-15(2)13-19(23-11-9-18(22)10-12-23)14-20(3,4)16-5-7-17(21)8-6-16/h5-8,13,18-19H,9-12,14,22H2,1-4H3. The van der Waals surface area contributed by atoms with Crippen LogP contribution in [0.4, 0.5) is 4.39 Å². The largest absolute Gasteiger partial charge is 0.328 e. The van der Waals surface area contributed by atoms with Gasteiger partial charge in [-0.15, -0.1) is 0 Å². The van der Waals surface area contributed by atoms with E-state index in [1.54, 1.807) is 12.1 Å². The van der Waals surface area contributed by atoms with Gasteiger partial charge in [-0.1, -0.05) is 37.6 Å². The Morgan fingerprint density at radius 1 is 1.26 bits per heavy atom. The summed E-state index contributed by atoms with van der Waals surface area (Å²) in [7, 11) is 0. The van der Waals surface area contributed by atoms with Crippen LogP contribution >= 0.6 is 0 Å². The minimum atomic E-state index is -0.171. The third kappa shape index (κ3) is 5.15. The molecule has 1 aromatic rings. The lowest BCUT2D eigenvalue weighted by Crippen LogP contribution is -2.46. The molecule has 0 saturated carbocycles. The lowest BCUT2D eigenvalue weighted by molar-refractivity contribution is 0.156. The number of likely N-dealkylation sites (tertiary alicyclic amines) is 1. The first kappa shape index (κ1) is 18.2. The summed E-state index contributed by atoms with van der Waals surface area (Å²) < 4.78 is 13.2. The average Bonchev–Trinajstić information content (AvgIpc) is 2.47. The highest BCUT2D eigenvalue weighted by molar-refractivity contribution is 5.25. The van der Waals surface area contributed by atoms with E-state index in [1.807, 2.05) is 12.1 Å². The van der Waals surface area contributed by atoms with Crippen LogP contribution in [-0.4, -0.2) is 30.1 Å². The van der Waals surface area contributed by atoms with Crippen molar-refractivity contribution in [3.63, 3.8) is 0 Å². The Kier molecular flexibility index (Phi) is 5.99. The summed E-state index contributed by atoms with van der Waals surface area (Å²) in [6, 6.07) is 7.72. The Morgan fingerprint density at radius 2 is 1.83 bits per heavy atom. The molecule has 1 aromatic carbocycles. The molecular formula is C20H31FN2. The van der Waals surface area contributed by atoms with Crippen molar-refractivity contribution in [3.05, 3.63) is 47.3 Å². The van der Waals surface area contributed by atoms with Gasteiger partial charge in [-0.25, -0.2) is 4.39 Å². The van der Waals surface area contributed by atoms with Crippen molar-refractivity contribution in [1.29, 1.82) is 0 Å². The topological polar surface area (TPSA) is 29.3 Å². The molecule has 2 N–H and O–H groups in total. The number of hydrogen-bond donors (Lipinski definition) is 1. The minimum Gasteiger partial charge on any atom is -0.328 e. The van der Waals surface area contributed by atoms with Crippen molar-refractivity contribution in [2.45, 2.75) is 64.5 Å². The normalized spacial score (nSPS) is 18.7. The van der Waals surface area contributed by atoms with Crippen molar-refractivity contribution in [1.82, 2.24) is 4.90 Å². The van der Waals surface area contributed by atoms with Gasteiger partial charge in [0.05, 0.1) is 0 Å². The fraction of sp³-hybridized carbons (Fsp3) is 0.600. The van der Waals surface area contributed by atoms with Crippen molar-refractivity contribution < 1.29 is 4.39 Å². The van der Waals surface area contributed by atoms with Gasteiger partial charge in [0.25, 0.3) is 0 Å². The third-order valence-electron chi connectivity index (χ3n) is 4.91. The molecule has 128 valence electrons. The summed E-state index contributed by atoms with van der Waals surface area (Å²) in [5.74, 6) is -0.171. The first-order valence-electron chi connectivity index (χ1n) is 8.68. The molecule has 0 aromatic heterocycles. The van der Waals surface area contributed by atoms with Crippen LogP contribution in [-0.2, 0) is 5.41 Å². The van der Waals surface area contributed by atoms with Crippen LogP contribution in [0.5, 0.6) is 0 Å². The zero-order chi connectivity index (χ0) is 17.0. The number of allylic oxidation sites excluding steroid dienone is 1. The van der Waals surface area contributed by atoms with Crippen LogP contribution in [0.2, 0.25) is 0 Å². The summed E-state index contributed by atoms with van der Waals surface area (Å²) in [6.45, 7) is 11.0. The van der Waals surface area contributed by atoms with Gasteiger partial charge in [-0.2, -0.15) is 0 Å². The van der Waals surface area contributed by atoms with E-state index in [0.717, 1.165) is 32.4 Å². The zero-order valence-corrected chi connectivity index (χ0v) is 15.0. The SMILES string of the molecule is CC(C)=CC(CC(C)(C)c1ccc(F)cc1)N1CCC(N)CC1. The van der Waals surface area contributed by atoms with Crippen LogP contribution in [0, 0.1) is 5.82 Å². The van der Waals surface area contributed by atoms with Crippen molar-refractivity contribution >= 4 is 0 Å². The van der Waals surface area contributed by atoms with E-state index in [-0.39, 0.29) is 11.2 Å². The highest BCUT2D eigenvalue weighted by atomic mass is 19.1. The second kappa shape index (κ2) is 7.59. The lowest BCUT2D eigenvalue weighted by Gasteiger charge is -2.39. The van der Waals surface area contributed by atoms with Gasteiger partial charge in [0.1, 0.15) is 5.82 Å². The van der Waals surface area contributed by atoms with E-state index in [2.05, 4.69) is 38.7 Å². The summed E-state index contributed by atoms with van der Waals surface area (Å²) in [5.41, 5.74) is 8.60. The van der Waals surface area contributed by atoms with Crippen LogP contribution in [0.3, 0.4) is 0 Å². The second-order valence-corrected chi connectivity index (χ2v) is 7.78. The Morgan fingerprint density at radius 3 is 2.35 bits per heavy atom. The van der Waals surface area contributed by atoms with Crippen molar-refractivity contribution in [2.75, 3.05) is 13.1 Å². The van der Waals surface area contributed by atoms with Gasteiger partial charge < -0.3 is 5.73 Å². The highest BCUT2D eigenvalue weighted by Gasteiger charge is 2.29. The average molecular weight is 318 g/mol. The molecule has 1 atom stereocenters. The van der Waals surface area contributed by atoms with E-state index in [1.165, 1.54) is 11.1 Å². The molecule has 1 heterocycles. The maximum absolute atomic E-state index is 13.2. The Hall–Kier alpha value is -1.19. The van der Waals surface area contributed by atoms with E-state index < -0.39 is 0 Å². The number of nitrogens with zero attached hydrogens (tertiary/aromatic N) is 1. The molecule has 0 spiro atoms. The molecule has 3 heteroatoms. The molecular weight excluding hydrogens is 287 g/mol. The monoisotopic (exact) mass is 318 g/mol. The van der Waals surface area contributed by atoms with E-state index in [0.29, 0.717) is 12.1 Å². The molecule has 1 unspecified atom stereocenters. The lowest BCUT2D eigenvalue weighted by atomic mass is 9.78. The molecule has 1 saturated heterocycles. The first-order valence-corrected chi connectivity index (χ1v) is 8.68. The smallest absolute Gasteiger partial charge is 0.123 e. The number of nitrogens with two attached hydrogens (primary N) is 1. The van der Waals surface area contributed by atoms with Gasteiger partial charge in [0, 0.05) is 25.2 Å². The second-order valence-electron chi connectivity index (χ2n) is 7.78. The van der Waals surface area contributed by atoms with Crippen molar-refractivity contribution in [2.24, 2.45) is 5.73 Å². The van der Waals surface area contributed by atoms with E-state index in [9.17, 15) is 4.39 Å². The summed E-state index contributed by atoms with van der Waals surface area (Å²) in [4.78, 5) is 2.56. The number of benzene rings is 1. The molecule has 23 heavy (non-hydrogen) atoms. The molecule has 2 nitrogen and oxygen atoms in total. The molecule has 1 aliphatic heterocycles. The molecule has 1 aliphatic rings. The number of rotatable bonds is 5. The fourth-order valence-corrected chi connectivity index (χ4v) is 3.47. The van der Waals surface area contributed by atoms with Gasteiger partial charge in [0.15, 0.2) is 0 Å². The van der Waals surface area contributed by atoms with Gasteiger partial charge >= 0.3 is 0 Å². The van der Waals surface area contributed by atoms with Gasteiger partial charge in [-0.05, 0) is 56.2 Å². The van der Waals surface area contributed by atoms with Crippen LogP contribution in [0.15, 0.2) is 35.9 Å².